The third kappa shape index (κ3) is 10.6. The molecule has 14 aromatic rings. The van der Waals surface area contributed by atoms with Crippen LogP contribution < -0.4 is 24.5 Å². The summed E-state index contributed by atoms with van der Waals surface area (Å²) in [6, 6.07) is 58.4. The standard InChI is InChI=1S/C25H20N4O.2C20H22N2O.C18H18N2O/c1-16-12-13-20-19-10-6-7-11-21(19)30-23(20)22(16)29-17(2)28(18-8-4-3-5-9-18)24-25(29)27-15-14-26-24;2*1-13(2)21-11-12-22(15(21)4)19-14(3)9-10-17-16-7-5-6-8-18(16)23-20(17)19;1-12-8-9-15-14-6-4-5-7-16(14)21-18(15)17(12)20-11-10-19(3)13(20)2/h3-15,17H,1-2H3;2*5-13,15H,1-4H3;4-11,13H,1-3H3/i;2*13D;3D3. The second-order valence-electron chi connectivity index (χ2n) is 25.9. The zero-order chi connectivity index (χ0) is 71.4. The molecular weight excluding hydrogens is 1200 g/mol. The van der Waals surface area contributed by atoms with Crippen molar-refractivity contribution in [3.8, 4) is 0 Å². The van der Waals surface area contributed by atoms with E-state index in [1.165, 1.54) is 16.0 Å². The smallest absolute Gasteiger partial charge is 0.178 e. The maximum absolute atomic E-state index is 8.34. The van der Waals surface area contributed by atoms with Crippen molar-refractivity contribution in [2.75, 3.05) is 31.5 Å². The first-order chi connectivity index (χ1) is 48.9. The number of fused-ring (bicyclic) bond motifs is 13. The second kappa shape index (κ2) is 24.9. The number of benzene rings is 9. The molecule has 0 saturated carbocycles. The summed E-state index contributed by atoms with van der Waals surface area (Å²) in [4.78, 5) is 25.7. The number of hydrogen-bond donors (Lipinski definition) is 0. The number of hydrogen-bond acceptors (Lipinski definition) is 14. The lowest BCUT2D eigenvalue weighted by molar-refractivity contribution is 0.263. The topological polar surface area (TPSA) is 104 Å². The molecule has 0 aliphatic carbocycles. The number of aryl methyl sites for hydroxylation is 4. The highest BCUT2D eigenvalue weighted by Crippen LogP contribution is 2.50. The van der Waals surface area contributed by atoms with E-state index >= 15 is 0 Å². The van der Waals surface area contributed by atoms with Crippen LogP contribution in [0.5, 0.6) is 0 Å². The molecule has 0 amide bonds. The van der Waals surface area contributed by atoms with Crippen molar-refractivity contribution in [2.24, 2.45) is 0 Å². The van der Waals surface area contributed by atoms with Crippen LogP contribution in [-0.4, -0.2) is 68.3 Å². The molecule has 5 aromatic heterocycles. The number of rotatable bonds is 7. The van der Waals surface area contributed by atoms with E-state index in [9.17, 15) is 0 Å². The van der Waals surface area contributed by atoms with Gasteiger partial charge in [0.1, 0.15) is 47.0 Å². The van der Waals surface area contributed by atoms with Crippen molar-refractivity contribution in [1.82, 2.24) is 24.7 Å². The zero-order valence-electron chi connectivity index (χ0n) is 61.8. The Morgan fingerprint density at radius 3 is 1.04 bits per heavy atom. The summed E-state index contributed by atoms with van der Waals surface area (Å²) in [6.07, 6.45) is 14.8. The van der Waals surface area contributed by atoms with Crippen LogP contribution in [0.2, 0.25) is 0 Å². The van der Waals surface area contributed by atoms with Crippen molar-refractivity contribution in [2.45, 2.75) is 120 Å². The SMILES string of the molecule is Cc1ccc2c(oc3ccccc32)c1N1c2nccnc2N(c2ccccc2)C1C.[2H]C(C)(C)N1C=CN(c2c(C)ccc3c2oc2ccccc23)C1C.[2H]C(C)(C)N1C=CN(c2c(C)ccc3c2oc2ccccc23)C1C.[2H]C([2H])([2H])N1C=CN(c2c(C)ccc3c2oc2ccccc23)C1C. The molecule has 4 atom stereocenters. The predicted molar refractivity (Wildman–Crippen MR) is 401 cm³/mol. The van der Waals surface area contributed by atoms with Gasteiger partial charge in [0.25, 0.3) is 0 Å². The lowest BCUT2D eigenvalue weighted by Crippen LogP contribution is -2.39. The first-order valence-corrected chi connectivity index (χ1v) is 33.2. The van der Waals surface area contributed by atoms with Crippen LogP contribution in [0, 0.1) is 27.7 Å². The van der Waals surface area contributed by atoms with Crippen LogP contribution in [0.25, 0.3) is 87.8 Å². The molecule has 0 N–H and O–H groups in total. The third-order valence-corrected chi connectivity index (χ3v) is 19.4. The third-order valence-electron chi connectivity index (χ3n) is 19.4. The summed E-state index contributed by atoms with van der Waals surface area (Å²) in [5.41, 5.74) is 16.8. The lowest BCUT2D eigenvalue weighted by atomic mass is 10.1. The minimum atomic E-state index is -2.17. The average molecular weight is 1290 g/mol. The summed E-state index contributed by atoms with van der Waals surface area (Å²) in [7, 11) is 0. The molecular formula is C83H82N10O4. The number of nitrogens with zero attached hydrogens (tertiary/aromatic N) is 10. The Bertz CT molecular complexity index is 5250. The largest absolute Gasteiger partial charge is 0.454 e. The van der Waals surface area contributed by atoms with E-state index in [1.54, 1.807) is 18.6 Å². The maximum atomic E-state index is 8.34. The molecule has 4 aliphatic rings. The van der Waals surface area contributed by atoms with Crippen LogP contribution in [0.15, 0.2) is 243 Å². The van der Waals surface area contributed by atoms with Crippen LogP contribution in [-0.2, 0) is 0 Å². The highest BCUT2D eigenvalue weighted by atomic mass is 16.3. The fraction of sp³-hybridized carbons (Fsp3) is 0.229. The first kappa shape index (κ1) is 56.2. The minimum absolute atomic E-state index is 0.0117. The Kier molecular flexibility index (Phi) is 14.4. The van der Waals surface area contributed by atoms with E-state index in [2.05, 4.69) is 157 Å². The fourth-order valence-corrected chi connectivity index (χ4v) is 14.5. The maximum Gasteiger partial charge on any atom is 0.178 e. The van der Waals surface area contributed by atoms with Crippen LogP contribution in [0.3, 0.4) is 0 Å². The van der Waals surface area contributed by atoms with Crippen molar-refractivity contribution in [3.63, 3.8) is 0 Å². The van der Waals surface area contributed by atoms with Crippen LogP contribution in [0.4, 0.5) is 40.1 Å². The Morgan fingerprint density at radius 2 is 0.680 bits per heavy atom. The van der Waals surface area contributed by atoms with Crippen molar-refractivity contribution < 1.29 is 24.5 Å². The van der Waals surface area contributed by atoms with Gasteiger partial charge >= 0.3 is 0 Å². The van der Waals surface area contributed by atoms with E-state index in [-0.39, 0.29) is 24.7 Å². The van der Waals surface area contributed by atoms with Gasteiger partial charge in [-0.25, -0.2) is 9.97 Å². The normalized spacial score (nSPS) is 18.5. The molecule has 14 nitrogen and oxygen atoms in total. The molecule has 9 aromatic carbocycles. The second-order valence-corrected chi connectivity index (χ2v) is 25.9. The zero-order valence-corrected chi connectivity index (χ0v) is 56.8. The van der Waals surface area contributed by atoms with Gasteiger partial charge in [0.05, 0.1) is 25.5 Å². The highest BCUT2D eigenvalue weighted by Gasteiger charge is 2.40. The molecule has 0 radical (unpaired) electrons. The van der Waals surface area contributed by atoms with E-state index in [0.717, 1.165) is 139 Å². The highest BCUT2D eigenvalue weighted by molar-refractivity contribution is 6.13. The Morgan fingerprint density at radius 1 is 0.351 bits per heavy atom. The summed E-state index contributed by atoms with van der Waals surface area (Å²) in [6.45, 7) is 22.1. The molecule has 0 fully saturated rings. The molecule has 0 saturated heterocycles. The number of para-hydroxylation sites is 5. The van der Waals surface area contributed by atoms with Crippen molar-refractivity contribution >= 4 is 128 Å². The first-order valence-electron chi connectivity index (χ1n) is 35.7. The lowest BCUT2D eigenvalue weighted by Gasteiger charge is -2.33. The summed E-state index contributed by atoms with van der Waals surface area (Å²) < 4.78 is 64.6. The molecule has 14 heteroatoms. The summed E-state index contributed by atoms with van der Waals surface area (Å²) in [5, 5.41) is 8.90. The van der Waals surface area contributed by atoms with Gasteiger partial charge in [-0.1, -0.05) is 140 Å². The Labute approximate surface area is 573 Å². The molecule has 488 valence electrons. The Balaban J connectivity index is 0.000000111. The van der Waals surface area contributed by atoms with Gasteiger partial charge in [-0.2, -0.15) is 0 Å². The molecule has 97 heavy (non-hydrogen) atoms. The monoisotopic (exact) mass is 1290 g/mol. The number of aromatic nitrogens is 2. The number of furan rings is 4. The quantitative estimate of drug-likeness (QED) is 0.151. The van der Waals surface area contributed by atoms with Crippen molar-refractivity contribution in [3.05, 3.63) is 248 Å². The molecule has 9 heterocycles. The fourth-order valence-electron chi connectivity index (χ4n) is 14.5. The van der Waals surface area contributed by atoms with Gasteiger partial charge in [-0.15, -0.1) is 0 Å². The van der Waals surface area contributed by atoms with Gasteiger partial charge in [-0.3, -0.25) is 4.90 Å². The molecule has 0 spiro atoms. The van der Waals surface area contributed by atoms with Crippen LogP contribution >= 0.6 is 0 Å². The summed E-state index contributed by atoms with van der Waals surface area (Å²) >= 11 is 0. The molecule has 4 unspecified atom stereocenters. The summed E-state index contributed by atoms with van der Waals surface area (Å²) in [5.74, 6) is 1.69. The van der Waals surface area contributed by atoms with Gasteiger partial charge in [-0.05, 0) is 142 Å². The van der Waals surface area contributed by atoms with Crippen LogP contribution in [0.1, 0.15) is 84.5 Å². The van der Waals surface area contributed by atoms with E-state index in [4.69, 9.17) is 29.5 Å². The molecule has 18 rings (SSSR count). The van der Waals surface area contributed by atoms with E-state index in [0.29, 0.717) is 0 Å². The Hall–Kier alpha value is -11.1. The van der Waals surface area contributed by atoms with Gasteiger partial charge in [0.2, 0.25) is 0 Å². The van der Waals surface area contributed by atoms with Gasteiger partial charge in [0, 0.05) is 121 Å². The van der Waals surface area contributed by atoms with Gasteiger partial charge < -0.3 is 52.0 Å². The predicted octanol–water partition coefficient (Wildman–Crippen LogP) is 21.3. The average Bonchev–Trinajstić information content (AvgIpc) is 1.61. The molecule has 4 aliphatic heterocycles. The van der Waals surface area contributed by atoms with E-state index < -0.39 is 19.0 Å². The molecule has 0 bridgehead atoms. The minimum Gasteiger partial charge on any atom is -0.454 e. The van der Waals surface area contributed by atoms with E-state index in [1.807, 2.05) is 172 Å². The van der Waals surface area contributed by atoms with Gasteiger partial charge in [0.15, 0.2) is 34.0 Å². The van der Waals surface area contributed by atoms with Crippen molar-refractivity contribution in [1.29, 1.82) is 0 Å². The number of anilines is 7.